The lowest BCUT2D eigenvalue weighted by atomic mass is 10.1. The Bertz CT molecular complexity index is 467. The van der Waals surface area contributed by atoms with Crippen LogP contribution in [0.4, 0.5) is 4.79 Å². The van der Waals surface area contributed by atoms with Crippen LogP contribution < -0.4 is 5.32 Å². The van der Waals surface area contributed by atoms with E-state index in [0.29, 0.717) is 6.42 Å². The molecule has 2 atom stereocenters. The molecule has 0 saturated carbocycles. The zero-order valence-electron chi connectivity index (χ0n) is 16.1. The molecule has 25 heavy (non-hydrogen) atoms. The first-order valence-electron chi connectivity index (χ1n) is 8.41. The number of carbonyl (C=O) groups is 3. The summed E-state index contributed by atoms with van der Waals surface area (Å²) in [4.78, 5) is 35.7. The highest BCUT2D eigenvalue weighted by Crippen LogP contribution is 2.12. The fraction of sp³-hybridized carbons (Fsp3) is 0.722. The Kier molecular flexibility index (Phi) is 9.86. The van der Waals surface area contributed by atoms with Crippen molar-refractivity contribution < 1.29 is 28.6 Å². The third kappa shape index (κ3) is 12.0. The second kappa shape index (κ2) is 10.7. The molecule has 0 radical (unpaired) electrons. The number of ether oxygens (including phenoxy) is 3. The van der Waals surface area contributed by atoms with Gasteiger partial charge in [-0.2, -0.15) is 0 Å². The second-order valence-corrected chi connectivity index (χ2v) is 7.28. The number of nitrogens with one attached hydrogen (secondary N) is 1. The van der Waals surface area contributed by atoms with Gasteiger partial charge in [0.1, 0.15) is 12.2 Å². The Hall–Kier alpha value is -2.05. The van der Waals surface area contributed by atoms with Gasteiger partial charge >= 0.3 is 18.0 Å². The van der Waals surface area contributed by atoms with Crippen LogP contribution in [0.3, 0.4) is 0 Å². The summed E-state index contributed by atoms with van der Waals surface area (Å²) in [6.07, 6.45) is 0.134. The summed E-state index contributed by atoms with van der Waals surface area (Å²) in [5.74, 6) is -1.05. The highest BCUT2D eigenvalue weighted by Gasteiger charge is 2.26. The van der Waals surface area contributed by atoms with Crippen molar-refractivity contribution in [3.63, 3.8) is 0 Å². The van der Waals surface area contributed by atoms with E-state index in [0.717, 1.165) is 0 Å². The Balaban J connectivity index is 4.55. The van der Waals surface area contributed by atoms with E-state index < -0.39 is 35.8 Å². The van der Waals surface area contributed by atoms with Crippen LogP contribution in [-0.4, -0.2) is 42.4 Å². The highest BCUT2D eigenvalue weighted by atomic mass is 16.6. The summed E-state index contributed by atoms with van der Waals surface area (Å²) in [5, 5.41) is 2.55. The summed E-state index contributed by atoms with van der Waals surface area (Å²) in [6.45, 7) is 14.2. The number of alkyl carbamates (subject to hydrolysis) is 1. The van der Waals surface area contributed by atoms with Crippen LogP contribution in [-0.2, 0) is 23.8 Å². The Morgan fingerprint density at radius 3 is 2.24 bits per heavy atom. The van der Waals surface area contributed by atoms with Gasteiger partial charge in [0.2, 0.25) is 0 Å². The molecule has 0 aliphatic heterocycles. The van der Waals surface area contributed by atoms with Crippen molar-refractivity contribution >= 4 is 18.0 Å². The van der Waals surface area contributed by atoms with Crippen molar-refractivity contribution in [1.29, 1.82) is 0 Å². The molecule has 0 aliphatic rings. The van der Waals surface area contributed by atoms with Crippen LogP contribution in [0.15, 0.2) is 12.7 Å². The van der Waals surface area contributed by atoms with Gasteiger partial charge in [-0.15, -0.1) is 0 Å². The molecule has 0 saturated heterocycles. The monoisotopic (exact) mass is 357 g/mol. The minimum atomic E-state index is -0.971. The van der Waals surface area contributed by atoms with Crippen molar-refractivity contribution in [2.24, 2.45) is 5.92 Å². The van der Waals surface area contributed by atoms with Gasteiger partial charge in [0.05, 0.1) is 6.42 Å². The Morgan fingerprint density at radius 2 is 1.76 bits per heavy atom. The van der Waals surface area contributed by atoms with Crippen LogP contribution in [0.1, 0.15) is 54.4 Å². The average Bonchev–Trinajstić information content (AvgIpc) is 2.40. The lowest BCUT2D eigenvalue weighted by molar-refractivity contribution is -0.168. The van der Waals surface area contributed by atoms with Crippen LogP contribution >= 0.6 is 0 Å². The molecule has 0 aromatic rings. The van der Waals surface area contributed by atoms with Gasteiger partial charge in [-0.1, -0.05) is 26.5 Å². The molecule has 1 amide bonds. The molecule has 0 heterocycles. The first kappa shape index (κ1) is 22.9. The second-order valence-electron chi connectivity index (χ2n) is 7.28. The number of hydrogen-bond donors (Lipinski definition) is 1. The van der Waals surface area contributed by atoms with E-state index in [9.17, 15) is 14.4 Å². The Morgan fingerprint density at radius 1 is 1.16 bits per heavy atom. The van der Waals surface area contributed by atoms with Crippen molar-refractivity contribution in [3.05, 3.63) is 12.7 Å². The fourth-order valence-corrected chi connectivity index (χ4v) is 1.87. The van der Waals surface area contributed by atoms with E-state index in [1.165, 1.54) is 6.08 Å². The van der Waals surface area contributed by atoms with Crippen LogP contribution in [0, 0.1) is 5.92 Å². The third-order valence-electron chi connectivity index (χ3n) is 2.80. The van der Waals surface area contributed by atoms with Gasteiger partial charge in [0.25, 0.3) is 0 Å². The molecule has 7 nitrogen and oxygen atoms in total. The predicted molar refractivity (Wildman–Crippen MR) is 93.9 cm³/mol. The van der Waals surface area contributed by atoms with E-state index in [2.05, 4.69) is 11.9 Å². The topological polar surface area (TPSA) is 90.9 Å². The normalized spacial score (nSPS) is 13.6. The van der Waals surface area contributed by atoms with E-state index in [1.807, 2.05) is 13.8 Å². The quantitative estimate of drug-likeness (QED) is 0.387. The minimum Gasteiger partial charge on any atom is -0.459 e. The summed E-state index contributed by atoms with van der Waals surface area (Å²) < 4.78 is 15.3. The zero-order chi connectivity index (χ0) is 19.6. The molecule has 0 spiro atoms. The maximum absolute atomic E-state index is 12.0. The number of esters is 2. The van der Waals surface area contributed by atoms with Gasteiger partial charge < -0.3 is 19.5 Å². The van der Waals surface area contributed by atoms with Crippen molar-refractivity contribution in [2.45, 2.75) is 72.1 Å². The van der Waals surface area contributed by atoms with Gasteiger partial charge in [-0.3, -0.25) is 4.79 Å². The molecule has 144 valence electrons. The highest BCUT2D eigenvalue weighted by molar-refractivity contribution is 5.80. The molecule has 0 aliphatic carbocycles. The lowest BCUT2D eigenvalue weighted by Crippen LogP contribution is -2.39. The van der Waals surface area contributed by atoms with E-state index in [4.69, 9.17) is 14.2 Å². The molecular weight excluding hydrogens is 326 g/mol. The van der Waals surface area contributed by atoms with Gasteiger partial charge in [-0.25, -0.2) is 9.59 Å². The standard InChI is InChI=1S/C18H31NO6/c1-8-9-23-16(21)14(10-12(2)3)24-15(20)11-13(4)19-17(22)25-18(5,6)7/h8,12-14H,1,9-11H2,2-7H3,(H,19,22)/t13-,14+/m1/s1. The molecule has 1 N–H and O–H groups in total. The summed E-state index contributed by atoms with van der Waals surface area (Å²) in [5.41, 5.74) is -0.623. The summed E-state index contributed by atoms with van der Waals surface area (Å²) in [6, 6.07) is -0.494. The summed E-state index contributed by atoms with van der Waals surface area (Å²) >= 11 is 0. The number of carbonyl (C=O) groups excluding carboxylic acids is 3. The zero-order valence-corrected chi connectivity index (χ0v) is 16.1. The average molecular weight is 357 g/mol. The number of rotatable bonds is 9. The number of hydrogen-bond acceptors (Lipinski definition) is 6. The van der Waals surface area contributed by atoms with Crippen LogP contribution in [0.2, 0.25) is 0 Å². The fourth-order valence-electron chi connectivity index (χ4n) is 1.87. The van der Waals surface area contributed by atoms with Crippen molar-refractivity contribution in [3.8, 4) is 0 Å². The molecular formula is C18H31NO6. The Labute approximate surface area is 150 Å². The first-order chi connectivity index (χ1) is 11.4. The van der Waals surface area contributed by atoms with E-state index >= 15 is 0 Å². The molecule has 0 unspecified atom stereocenters. The smallest absolute Gasteiger partial charge is 0.407 e. The predicted octanol–water partition coefficient (Wildman–Crippen LogP) is 2.98. The van der Waals surface area contributed by atoms with Gasteiger partial charge in [-0.05, 0) is 40.0 Å². The maximum atomic E-state index is 12.0. The molecule has 7 heteroatoms. The van der Waals surface area contributed by atoms with Crippen LogP contribution in [0.25, 0.3) is 0 Å². The van der Waals surface area contributed by atoms with Crippen molar-refractivity contribution in [2.75, 3.05) is 6.61 Å². The first-order valence-corrected chi connectivity index (χ1v) is 8.41. The molecule has 0 aromatic carbocycles. The SMILES string of the molecule is C=CCOC(=O)[C@H](CC(C)C)OC(=O)C[C@@H](C)NC(=O)OC(C)(C)C. The molecule has 0 aromatic heterocycles. The largest absolute Gasteiger partial charge is 0.459 e. The minimum absolute atomic E-state index is 0.0571. The van der Waals surface area contributed by atoms with Gasteiger partial charge in [0, 0.05) is 6.04 Å². The maximum Gasteiger partial charge on any atom is 0.407 e. The lowest BCUT2D eigenvalue weighted by Gasteiger charge is -2.22. The van der Waals surface area contributed by atoms with Crippen LogP contribution in [0.5, 0.6) is 0 Å². The van der Waals surface area contributed by atoms with E-state index in [-0.39, 0.29) is 18.9 Å². The molecule has 0 bridgehead atoms. The summed E-state index contributed by atoms with van der Waals surface area (Å²) in [7, 11) is 0. The molecule has 0 rings (SSSR count). The molecule has 0 fully saturated rings. The number of amides is 1. The third-order valence-corrected chi connectivity index (χ3v) is 2.80. The van der Waals surface area contributed by atoms with E-state index in [1.54, 1.807) is 27.7 Å². The van der Waals surface area contributed by atoms with Crippen molar-refractivity contribution in [1.82, 2.24) is 5.32 Å². The van der Waals surface area contributed by atoms with Gasteiger partial charge in [0.15, 0.2) is 6.10 Å².